The van der Waals surface area contributed by atoms with Crippen molar-refractivity contribution in [1.82, 2.24) is 34.4 Å². The largest absolute Gasteiger partial charge is 0.480 e. The minimum Gasteiger partial charge on any atom is -0.480 e. The molecule has 1 aliphatic carbocycles. The standard InChI is InChI=1S/C26H30F2N8O2/c1-14-31-23-19(36(14)13-20(27)28)10-15(11-29-23)18-12-30-24-22(18)25(38-2)34-26(33-24)32-16-5-7-17(8-6-16)35-9-3-4-21(35)37/h10-12,16-17,20H,3-9,13H2,1-2H3,(H2,30,32,33,34)/t16-,17+. The lowest BCUT2D eigenvalue weighted by atomic mass is 9.90. The van der Waals surface area contributed by atoms with Gasteiger partial charge in [0.2, 0.25) is 17.7 Å². The molecule has 2 aliphatic rings. The smallest absolute Gasteiger partial charge is 0.256 e. The predicted molar refractivity (Wildman–Crippen MR) is 138 cm³/mol. The minimum absolute atomic E-state index is 0.213. The van der Waals surface area contributed by atoms with Gasteiger partial charge in [0, 0.05) is 48.6 Å². The summed E-state index contributed by atoms with van der Waals surface area (Å²) >= 11 is 0. The predicted octanol–water partition coefficient (Wildman–Crippen LogP) is 4.30. The molecule has 0 radical (unpaired) electrons. The number of methoxy groups -OCH3 is 1. The van der Waals surface area contributed by atoms with E-state index in [2.05, 4.69) is 30.2 Å². The topological polar surface area (TPSA) is 114 Å². The third-order valence-electron chi connectivity index (χ3n) is 7.70. The van der Waals surface area contributed by atoms with Crippen LogP contribution in [0.2, 0.25) is 0 Å². The number of imidazole rings is 1. The Morgan fingerprint density at radius 3 is 2.74 bits per heavy atom. The van der Waals surface area contributed by atoms with E-state index in [-0.39, 0.29) is 11.9 Å². The fourth-order valence-electron chi connectivity index (χ4n) is 5.84. The zero-order chi connectivity index (χ0) is 26.4. The van der Waals surface area contributed by atoms with E-state index in [1.165, 1.54) is 4.57 Å². The van der Waals surface area contributed by atoms with Gasteiger partial charge in [-0.1, -0.05) is 0 Å². The van der Waals surface area contributed by atoms with Crippen molar-refractivity contribution in [1.29, 1.82) is 0 Å². The highest BCUT2D eigenvalue weighted by molar-refractivity contribution is 5.98. The Hall–Kier alpha value is -3.83. The Morgan fingerprint density at radius 2 is 2.03 bits per heavy atom. The molecule has 0 spiro atoms. The summed E-state index contributed by atoms with van der Waals surface area (Å²) in [5.41, 5.74) is 3.04. The fraction of sp³-hybridized carbons (Fsp3) is 0.500. The number of aromatic amines is 1. The maximum Gasteiger partial charge on any atom is 0.256 e. The first-order valence-corrected chi connectivity index (χ1v) is 13.0. The number of fused-ring (bicyclic) bond motifs is 2. The molecule has 38 heavy (non-hydrogen) atoms. The number of carbonyl (C=O) groups is 1. The molecule has 6 rings (SSSR count). The van der Waals surface area contributed by atoms with E-state index >= 15 is 0 Å². The number of carbonyl (C=O) groups excluding carboxylic acids is 1. The number of H-pyrrole nitrogens is 1. The van der Waals surface area contributed by atoms with Crippen LogP contribution in [0.3, 0.4) is 0 Å². The van der Waals surface area contributed by atoms with Crippen LogP contribution in [-0.2, 0) is 11.3 Å². The lowest BCUT2D eigenvalue weighted by Crippen LogP contribution is -2.41. The van der Waals surface area contributed by atoms with Crippen molar-refractivity contribution in [3.8, 4) is 17.0 Å². The highest BCUT2D eigenvalue weighted by atomic mass is 19.3. The second kappa shape index (κ2) is 9.80. The Morgan fingerprint density at radius 1 is 1.21 bits per heavy atom. The maximum absolute atomic E-state index is 13.2. The summed E-state index contributed by atoms with van der Waals surface area (Å²) in [4.78, 5) is 35.4. The first kappa shape index (κ1) is 24.5. The Bertz CT molecular complexity index is 1490. The van der Waals surface area contributed by atoms with Crippen LogP contribution >= 0.6 is 0 Å². The Kier molecular flexibility index (Phi) is 6.32. The van der Waals surface area contributed by atoms with Gasteiger partial charge in [-0.3, -0.25) is 4.79 Å². The molecule has 10 nitrogen and oxygen atoms in total. The van der Waals surface area contributed by atoms with E-state index in [0.29, 0.717) is 52.3 Å². The second-order valence-electron chi connectivity index (χ2n) is 10.1. The minimum atomic E-state index is -2.50. The van der Waals surface area contributed by atoms with Gasteiger partial charge in [-0.2, -0.15) is 9.97 Å². The van der Waals surface area contributed by atoms with Gasteiger partial charge in [-0.05, 0) is 45.1 Å². The second-order valence-corrected chi connectivity index (χ2v) is 10.1. The molecule has 4 aromatic rings. The molecule has 1 amide bonds. The Labute approximate surface area is 217 Å². The molecule has 2 N–H and O–H groups in total. The SMILES string of the molecule is COc1nc(N[C@H]2CC[C@@H](N3CCCC3=O)CC2)nc2[nH]cc(-c3cnc4nc(C)n(CC(F)F)c4c3)c12. The number of pyridine rings is 1. The van der Waals surface area contributed by atoms with Crippen molar-refractivity contribution in [3.05, 3.63) is 24.3 Å². The summed E-state index contributed by atoms with van der Waals surface area (Å²) in [6.07, 6.45) is 6.40. The number of aromatic nitrogens is 6. The molecule has 0 bridgehead atoms. The Balaban J connectivity index is 1.25. The molecule has 0 atom stereocenters. The van der Waals surface area contributed by atoms with E-state index in [4.69, 9.17) is 9.72 Å². The average Bonchev–Trinajstić information content (AvgIpc) is 3.61. The van der Waals surface area contributed by atoms with E-state index in [0.717, 1.165) is 49.8 Å². The third kappa shape index (κ3) is 4.41. The van der Waals surface area contributed by atoms with Crippen LogP contribution in [0, 0.1) is 6.92 Å². The number of ether oxygens (including phenoxy) is 1. The van der Waals surface area contributed by atoms with Gasteiger partial charge in [0.05, 0.1) is 24.6 Å². The first-order chi connectivity index (χ1) is 18.4. The summed E-state index contributed by atoms with van der Waals surface area (Å²) in [5, 5.41) is 4.14. The molecule has 1 aliphatic heterocycles. The molecular weight excluding hydrogens is 494 g/mol. The molecular formula is C26H30F2N8O2. The molecule has 2 fully saturated rings. The molecule has 12 heteroatoms. The van der Waals surface area contributed by atoms with Gasteiger partial charge >= 0.3 is 0 Å². The van der Waals surface area contributed by atoms with Gasteiger partial charge in [0.1, 0.15) is 11.5 Å². The van der Waals surface area contributed by atoms with Crippen LogP contribution in [0.4, 0.5) is 14.7 Å². The normalized spacial score (nSPS) is 20.2. The summed E-state index contributed by atoms with van der Waals surface area (Å²) < 4.78 is 33.5. The quantitative estimate of drug-likeness (QED) is 0.371. The molecule has 0 aromatic carbocycles. The van der Waals surface area contributed by atoms with Crippen molar-refractivity contribution in [2.45, 2.75) is 70.5 Å². The van der Waals surface area contributed by atoms with E-state index in [9.17, 15) is 13.6 Å². The van der Waals surface area contributed by atoms with E-state index in [1.807, 2.05) is 6.07 Å². The van der Waals surface area contributed by atoms with Crippen molar-refractivity contribution >= 4 is 34.1 Å². The number of aryl methyl sites for hydroxylation is 1. The lowest BCUT2D eigenvalue weighted by molar-refractivity contribution is -0.130. The highest BCUT2D eigenvalue weighted by Crippen LogP contribution is 2.36. The molecule has 200 valence electrons. The van der Waals surface area contributed by atoms with Gasteiger partial charge in [-0.25, -0.2) is 18.7 Å². The molecule has 0 unspecified atom stereocenters. The molecule has 1 saturated carbocycles. The van der Waals surface area contributed by atoms with Crippen LogP contribution in [0.15, 0.2) is 18.5 Å². The number of nitrogens with zero attached hydrogens (tertiary/aromatic N) is 6. The number of likely N-dealkylation sites (tertiary alicyclic amines) is 1. The maximum atomic E-state index is 13.2. The zero-order valence-electron chi connectivity index (χ0n) is 21.4. The monoisotopic (exact) mass is 524 g/mol. The van der Waals surface area contributed by atoms with Crippen molar-refractivity contribution in [2.75, 3.05) is 19.0 Å². The lowest BCUT2D eigenvalue weighted by Gasteiger charge is -2.34. The number of nitrogens with one attached hydrogen (secondary N) is 2. The first-order valence-electron chi connectivity index (χ1n) is 13.0. The number of alkyl halides is 2. The fourth-order valence-corrected chi connectivity index (χ4v) is 5.84. The van der Waals surface area contributed by atoms with Gasteiger partial charge in [0.15, 0.2) is 5.65 Å². The third-order valence-corrected chi connectivity index (χ3v) is 7.70. The van der Waals surface area contributed by atoms with Crippen molar-refractivity contribution in [2.24, 2.45) is 0 Å². The van der Waals surface area contributed by atoms with Crippen LogP contribution in [0.5, 0.6) is 5.88 Å². The summed E-state index contributed by atoms with van der Waals surface area (Å²) in [6, 6.07) is 2.35. The van der Waals surface area contributed by atoms with Crippen LogP contribution in [0.1, 0.15) is 44.3 Å². The summed E-state index contributed by atoms with van der Waals surface area (Å²) in [5.74, 6) is 1.65. The number of halogens is 2. The van der Waals surface area contributed by atoms with Crippen LogP contribution in [-0.4, -0.2) is 72.5 Å². The van der Waals surface area contributed by atoms with Crippen molar-refractivity contribution in [3.63, 3.8) is 0 Å². The average molecular weight is 525 g/mol. The van der Waals surface area contributed by atoms with Gasteiger partial charge in [0.25, 0.3) is 6.43 Å². The van der Waals surface area contributed by atoms with Crippen LogP contribution in [0.25, 0.3) is 33.3 Å². The van der Waals surface area contributed by atoms with Crippen LogP contribution < -0.4 is 10.1 Å². The zero-order valence-corrected chi connectivity index (χ0v) is 21.4. The summed E-state index contributed by atoms with van der Waals surface area (Å²) in [7, 11) is 1.56. The highest BCUT2D eigenvalue weighted by Gasteiger charge is 2.31. The number of rotatable bonds is 7. The van der Waals surface area contributed by atoms with Gasteiger partial charge < -0.3 is 24.5 Å². The molecule has 4 aromatic heterocycles. The van der Waals surface area contributed by atoms with Gasteiger partial charge in [-0.15, -0.1) is 0 Å². The number of hydrogen-bond donors (Lipinski definition) is 2. The summed E-state index contributed by atoms with van der Waals surface area (Å²) in [6.45, 7) is 2.13. The number of anilines is 1. The van der Waals surface area contributed by atoms with Crippen molar-refractivity contribution < 1.29 is 18.3 Å². The molecule has 5 heterocycles. The van der Waals surface area contributed by atoms with E-state index < -0.39 is 13.0 Å². The molecule has 1 saturated heterocycles. The number of amides is 1. The van der Waals surface area contributed by atoms with E-state index in [1.54, 1.807) is 26.4 Å². The number of hydrogen-bond acceptors (Lipinski definition) is 7.